The Labute approximate surface area is 114 Å². The molecular weight excluding hydrogens is 272 g/mol. The fourth-order valence-corrected chi connectivity index (χ4v) is 1.13. The standard InChI is InChI=1S/C8H11F3O5S.Li/c1-5(2)7(12)16-4-3-6(9)8(10,11)17(13,14)15;/h6H,1,3-4H2,2H3,(H,13,14,15);/q;+1/p-1. The molecule has 0 radical (unpaired) electrons. The van der Waals surface area contributed by atoms with Gasteiger partial charge < -0.3 is 9.29 Å². The summed E-state index contributed by atoms with van der Waals surface area (Å²) in [5.41, 5.74) is -0.0244. The molecule has 0 heterocycles. The van der Waals surface area contributed by atoms with Gasteiger partial charge in [-0.1, -0.05) is 6.58 Å². The molecule has 100 valence electrons. The van der Waals surface area contributed by atoms with E-state index in [2.05, 4.69) is 11.3 Å². The minimum atomic E-state index is -6.08. The van der Waals surface area contributed by atoms with Crippen molar-refractivity contribution >= 4 is 16.1 Å². The molecule has 0 rings (SSSR count). The largest absolute Gasteiger partial charge is 1.00 e. The average molecular weight is 282 g/mol. The second kappa shape index (κ2) is 7.18. The van der Waals surface area contributed by atoms with Gasteiger partial charge in [-0.2, -0.15) is 8.78 Å². The first-order valence-corrected chi connectivity index (χ1v) is 5.71. The van der Waals surface area contributed by atoms with Crippen molar-refractivity contribution in [1.29, 1.82) is 0 Å². The molecule has 1 atom stereocenters. The first-order chi connectivity index (χ1) is 7.50. The SMILES string of the molecule is C=C(C)C(=O)OCCC(F)C(F)(F)S(=O)(=O)[O-].[Li+]. The number of rotatable bonds is 6. The average Bonchev–Trinajstić information content (AvgIpc) is 2.15. The zero-order valence-electron chi connectivity index (χ0n) is 9.78. The topological polar surface area (TPSA) is 83.5 Å². The number of carbonyl (C=O) groups is 1. The Morgan fingerprint density at radius 3 is 2.28 bits per heavy atom. The van der Waals surface area contributed by atoms with E-state index in [4.69, 9.17) is 0 Å². The molecule has 0 aliphatic carbocycles. The molecule has 1 unspecified atom stereocenters. The molecule has 0 saturated carbocycles. The van der Waals surface area contributed by atoms with Crippen LogP contribution in [-0.4, -0.2) is 37.0 Å². The predicted molar refractivity (Wildman–Crippen MR) is 49.9 cm³/mol. The van der Waals surface area contributed by atoms with Gasteiger partial charge in [-0.25, -0.2) is 17.6 Å². The third-order valence-electron chi connectivity index (χ3n) is 1.65. The van der Waals surface area contributed by atoms with E-state index >= 15 is 0 Å². The van der Waals surface area contributed by atoms with Gasteiger partial charge in [0.05, 0.1) is 6.61 Å². The summed E-state index contributed by atoms with van der Waals surface area (Å²) < 4.78 is 72.3. The quantitative estimate of drug-likeness (QED) is 0.243. The monoisotopic (exact) mass is 282 g/mol. The third kappa shape index (κ3) is 5.43. The van der Waals surface area contributed by atoms with E-state index in [-0.39, 0.29) is 24.4 Å². The molecule has 0 aromatic carbocycles. The van der Waals surface area contributed by atoms with Crippen LogP contribution in [-0.2, 0) is 19.6 Å². The van der Waals surface area contributed by atoms with Crippen LogP contribution in [0.25, 0.3) is 0 Å². The Morgan fingerprint density at radius 1 is 1.50 bits per heavy atom. The van der Waals surface area contributed by atoms with E-state index in [1.807, 2.05) is 0 Å². The van der Waals surface area contributed by atoms with Gasteiger partial charge in [0, 0.05) is 12.0 Å². The zero-order chi connectivity index (χ0) is 13.9. The number of esters is 1. The molecule has 18 heavy (non-hydrogen) atoms. The van der Waals surface area contributed by atoms with Crippen LogP contribution < -0.4 is 18.9 Å². The number of ether oxygens (including phenoxy) is 1. The number of carbonyl (C=O) groups excluding carboxylic acids is 1. The predicted octanol–water partition coefficient (Wildman–Crippen LogP) is -2.02. The number of alkyl halides is 3. The maximum atomic E-state index is 12.8. The van der Waals surface area contributed by atoms with Crippen LogP contribution in [0.1, 0.15) is 13.3 Å². The van der Waals surface area contributed by atoms with Crippen LogP contribution >= 0.6 is 0 Å². The molecule has 0 fully saturated rings. The molecule has 0 saturated heterocycles. The number of hydrogen-bond donors (Lipinski definition) is 0. The molecule has 0 N–H and O–H groups in total. The molecule has 0 aromatic rings. The van der Waals surface area contributed by atoms with Crippen molar-refractivity contribution in [1.82, 2.24) is 0 Å². The van der Waals surface area contributed by atoms with Gasteiger partial charge in [0.1, 0.15) is 0 Å². The van der Waals surface area contributed by atoms with Gasteiger partial charge in [0.2, 0.25) is 0 Å². The van der Waals surface area contributed by atoms with Crippen LogP contribution in [0, 0.1) is 0 Å². The Hall–Kier alpha value is -0.493. The molecule has 5 nitrogen and oxygen atoms in total. The van der Waals surface area contributed by atoms with E-state index < -0.39 is 40.5 Å². The summed E-state index contributed by atoms with van der Waals surface area (Å²) >= 11 is 0. The molecule has 0 spiro atoms. The van der Waals surface area contributed by atoms with Crippen molar-refractivity contribution in [2.45, 2.75) is 24.8 Å². The molecule has 10 heteroatoms. The summed E-state index contributed by atoms with van der Waals surface area (Å²) in [6, 6.07) is 0. The minimum Gasteiger partial charge on any atom is -0.743 e. The molecule has 0 amide bonds. The Bertz CT molecular complexity index is 409. The Balaban J connectivity index is 0. The van der Waals surface area contributed by atoms with Gasteiger partial charge in [-0.05, 0) is 6.92 Å². The van der Waals surface area contributed by atoms with Crippen LogP contribution in [0.5, 0.6) is 0 Å². The summed E-state index contributed by atoms with van der Waals surface area (Å²) in [6.07, 6.45) is -4.34. The van der Waals surface area contributed by atoms with E-state index in [1.165, 1.54) is 6.92 Å². The first kappa shape index (κ1) is 19.8. The van der Waals surface area contributed by atoms with Crippen LogP contribution in [0.15, 0.2) is 12.2 Å². The molecule has 0 aliphatic rings. The number of hydrogen-bond acceptors (Lipinski definition) is 5. The summed E-state index contributed by atoms with van der Waals surface area (Å²) in [5.74, 6) is -0.925. The Kier molecular flexibility index (Phi) is 7.92. The van der Waals surface area contributed by atoms with E-state index in [1.54, 1.807) is 0 Å². The fourth-order valence-electron chi connectivity index (χ4n) is 0.703. The smallest absolute Gasteiger partial charge is 0.743 e. The van der Waals surface area contributed by atoms with Crippen LogP contribution in [0.4, 0.5) is 13.2 Å². The van der Waals surface area contributed by atoms with Gasteiger partial charge in [0.25, 0.3) is 0 Å². The number of halogens is 3. The maximum Gasteiger partial charge on any atom is 1.00 e. The van der Waals surface area contributed by atoms with E-state index in [0.29, 0.717) is 0 Å². The first-order valence-electron chi connectivity index (χ1n) is 4.30. The van der Waals surface area contributed by atoms with Gasteiger partial charge in [-0.3, -0.25) is 0 Å². The summed E-state index contributed by atoms with van der Waals surface area (Å²) in [6.45, 7) is 3.68. The fraction of sp³-hybridized carbons (Fsp3) is 0.625. The molecular formula is C8H10F3LiO5S. The third-order valence-corrected chi connectivity index (χ3v) is 2.57. The van der Waals surface area contributed by atoms with Crippen molar-refractivity contribution in [3.63, 3.8) is 0 Å². The van der Waals surface area contributed by atoms with Gasteiger partial charge >= 0.3 is 30.1 Å². The maximum absolute atomic E-state index is 12.8. The summed E-state index contributed by atoms with van der Waals surface area (Å²) in [4.78, 5) is 10.8. The van der Waals surface area contributed by atoms with Crippen molar-refractivity contribution in [2.24, 2.45) is 0 Å². The van der Waals surface area contributed by atoms with Crippen molar-refractivity contribution in [2.75, 3.05) is 6.61 Å². The second-order valence-corrected chi connectivity index (χ2v) is 4.64. The van der Waals surface area contributed by atoms with Crippen molar-refractivity contribution in [3.05, 3.63) is 12.2 Å². The van der Waals surface area contributed by atoms with Crippen molar-refractivity contribution in [3.8, 4) is 0 Å². The van der Waals surface area contributed by atoms with E-state index in [9.17, 15) is 30.9 Å². The molecule has 0 aliphatic heterocycles. The van der Waals surface area contributed by atoms with Crippen molar-refractivity contribution < 1.29 is 54.5 Å². The van der Waals surface area contributed by atoms with Gasteiger partial charge in [0.15, 0.2) is 16.3 Å². The molecule has 0 aromatic heterocycles. The zero-order valence-corrected chi connectivity index (χ0v) is 10.6. The Morgan fingerprint density at radius 2 is 1.94 bits per heavy atom. The summed E-state index contributed by atoms with van der Waals surface area (Å²) in [5, 5.41) is -5.04. The molecule has 0 bridgehead atoms. The minimum absolute atomic E-state index is 0. The summed E-state index contributed by atoms with van der Waals surface area (Å²) in [7, 11) is -6.08. The van der Waals surface area contributed by atoms with Crippen LogP contribution in [0.3, 0.4) is 0 Å². The van der Waals surface area contributed by atoms with Gasteiger partial charge in [-0.15, -0.1) is 0 Å². The van der Waals surface area contributed by atoms with Crippen LogP contribution in [0.2, 0.25) is 0 Å². The van der Waals surface area contributed by atoms with E-state index in [0.717, 1.165) is 0 Å². The normalized spacial score (nSPS) is 13.4. The second-order valence-electron chi connectivity index (χ2n) is 3.19.